The molecule has 1 aliphatic rings. The molecule has 1 fully saturated rings. The van der Waals surface area contributed by atoms with E-state index in [-0.39, 0.29) is 10.8 Å². The van der Waals surface area contributed by atoms with Crippen LogP contribution < -0.4 is 0 Å². The average molecular weight is 423 g/mol. The van der Waals surface area contributed by atoms with Gasteiger partial charge in [-0.3, -0.25) is 0 Å². The molecule has 0 amide bonds. The monoisotopic (exact) mass is 422 g/mol. The molecule has 2 nitrogen and oxygen atoms in total. The molecule has 170 valence electrons. The average Bonchev–Trinajstić information content (AvgIpc) is 2.80. The third kappa shape index (κ3) is 6.92. The Hall–Kier alpha value is -1.64. The van der Waals surface area contributed by atoms with E-state index in [0.717, 1.165) is 32.5 Å². The molecule has 0 heterocycles. The van der Waals surface area contributed by atoms with E-state index in [1.165, 1.54) is 49.7 Å². The van der Waals surface area contributed by atoms with Gasteiger partial charge >= 0.3 is 0 Å². The number of methoxy groups -OCH3 is 2. The Kier molecular flexibility index (Phi) is 9.16. The normalized spacial score (nSPS) is 15.8. The maximum absolute atomic E-state index is 5.83. The van der Waals surface area contributed by atoms with Gasteiger partial charge < -0.3 is 9.47 Å². The van der Waals surface area contributed by atoms with E-state index >= 15 is 0 Å². The lowest BCUT2D eigenvalue weighted by Gasteiger charge is -2.44. The topological polar surface area (TPSA) is 18.5 Å². The summed E-state index contributed by atoms with van der Waals surface area (Å²) in [4.78, 5) is 0. The second-order valence-corrected chi connectivity index (χ2v) is 10.2. The predicted molar refractivity (Wildman–Crippen MR) is 130 cm³/mol. The summed E-state index contributed by atoms with van der Waals surface area (Å²) in [6, 6.07) is 22.0. The van der Waals surface area contributed by atoms with Crippen molar-refractivity contribution in [1.82, 2.24) is 0 Å². The second-order valence-electron chi connectivity index (χ2n) is 10.2. The van der Waals surface area contributed by atoms with Crippen LogP contribution in [0.4, 0.5) is 0 Å². The van der Waals surface area contributed by atoms with Gasteiger partial charge in [0.15, 0.2) is 0 Å². The van der Waals surface area contributed by atoms with Gasteiger partial charge in [-0.2, -0.15) is 0 Å². The fourth-order valence-corrected chi connectivity index (χ4v) is 5.88. The summed E-state index contributed by atoms with van der Waals surface area (Å²) in [6.07, 6.45) is 11.3. The molecule has 3 rings (SSSR count). The van der Waals surface area contributed by atoms with Crippen LogP contribution >= 0.6 is 0 Å². The lowest BCUT2D eigenvalue weighted by atomic mass is 9.64. The van der Waals surface area contributed by atoms with E-state index in [4.69, 9.17) is 9.47 Å². The van der Waals surface area contributed by atoms with Crippen molar-refractivity contribution in [2.24, 2.45) is 16.7 Å². The predicted octanol–water partition coefficient (Wildman–Crippen LogP) is 7.12. The van der Waals surface area contributed by atoms with E-state index in [1.54, 1.807) is 0 Å². The standard InChI is InChI=1S/C29H42O2/c1-28(21-25-13-7-4-8-14-25,22-26-15-9-5-10-16-26)19-20-29(23-30-2,24-31-3)27-17-11-6-12-18-27/h4-5,7-10,13-16,27H,6,11-12,17-24H2,1-3H3. The Morgan fingerprint density at radius 2 is 1.19 bits per heavy atom. The van der Waals surface area contributed by atoms with Crippen LogP contribution in [0.15, 0.2) is 60.7 Å². The summed E-state index contributed by atoms with van der Waals surface area (Å²) >= 11 is 0. The number of benzene rings is 2. The van der Waals surface area contributed by atoms with Gasteiger partial charge in [0.25, 0.3) is 0 Å². The number of ether oxygens (including phenoxy) is 2. The zero-order chi connectivity index (χ0) is 22.0. The molecular weight excluding hydrogens is 380 g/mol. The number of hydrogen-bond acceptors (Lipinski definition) is 2. The van der Waals surface area contributed by atoms with Crippen LogP contribution in [0, 0.1) is 16.7 Å². The molecule has 0 atom stereocenters. The van der Waals surface area contributed by atoms with E-state index in [9.17, 15) is 0 Å². The molecule has 31 heavy (non-hydrogen) atoms. The van der Waals surface area contributed by atoms with Crippen LogP contribution in [0.2, 0.25) is 0 Å². The first kappa shape index (κ1) is 24.0. The van der Waals surface area contributed by atoms with E-state index in [2.05, 4.69) is 67.6 Å². The largest absolute Gasteiger partial charge is 0.384 e. The summed E-state index contributed by atoms with van der Waals surface area (Å²) in [6.45, 7) is 4.09. The summed E-state index contributed by atoms with van der Waals surface area (Å²) in [7, 11) is 3.72. The number of rotatable bonds is 12. The molecule has 0 N–H and O–H groups in total. The summed E-state index contributed by atoms with van der Waals surface area (Å²) in [5.41, 5.74) is 3.19. The van der Waals surface area contributed by atoms with Crippen molar-refractivity contribution in [2.75, 3.05) is 27.4 Å². The molecule has 1 aliphatic carbocycles. The third-order valence-corrected chi connectivity index (χ3v) is 7.51. The molecule has 0 aliphatic heterocycles. The molecule has 2 aromatic rings. The van der Waals surface area contributed by atoms with Gasteiger partial charge in [-0.25, -0.2) is 0 Å². The van der Waals surface area contributed by atoms with E-state index in [0.29, 0.717) is 5.92 Å². The zero-order valence-electron chi connectivity index (χ0n) is 19.9. The van der Waals surface area contributed by atoms with Gasteiger partial charge in [0.1, 0.15) is 0 Å². The Labute approximate surface area is 190 Å². The van der Waals surface area contributed by atoms with Gasteiger partial charge in [0, 0.05) is 19.6 Å². The molecule has 0 unspecified atom stereocenters. The summed E-state index contributed by atoms with van der Waals surface area (Å²) in [5.74, 6) is 0.707. The fourth-order valence-electron chi connectivity index (χ4n) is 5.88. The van der Waals surface area contributed by atoms with E-state index in [1.807, 2.05) is 14.2 Å². The molecule has 1 saturated carbocycles. The highest BCUT2D eigenvalue weighted by Crippen LogP contribution is 2.45. The molecule has 0 aromatic heterocycles. The minimum absolute atomic E-state index is 0.124. The molecule has 0 bridgehead atoms. The first-order valence-corrected chi connectivity index (χ1v) is 12.1. The highest BCUT2D eigenvalue weighted by Gasteiger charge is 2.41. The molecule has 0 spiro atoms. The summed E-state index contributed by atoms with van der Waals surface area (Å²) < 4.78 is 11.7. The Balaban J connectivity index is 1.83. The van der Waals surface area contributed by atoms with Crippen molar-refractivity contribution in [3.63, 3.8) is 0 Å². The number of hydrogen-bond donors (Lipinski definition) is 0. The lowest BCUT2D eigenvalue weighted by molar-refractivity contribution is -0.0530. The molecule has 0 radical (unpaired) electrons. The van der Waals surface area contributed by atoms with Crippen molar-refractivity contribution in [3.8, 4) is 0 Å². The van der Waals surface area contributed by atoms with Crippen molar-refractivity contribution in [1.29, 1.82) is 0 Å². The van der Waals surface area contributed by atoms with Gasteiger partial charge in [-0.1, -0.05) is 86.8 Å². The second kappa shape index (κ2) is 11.8. The highest BCUT2D eigenvalue weighted by atomic mass is 16.5. The quantitative estimate of drug-likeness (QED) is 0.362. The van der Waals surface area contributed by atoms with Crippen LogP contribution in [0.25, 0.3) is 0 Å². The minimum Gasteiger partial charge on any atom is -0.384 e. The van der Waals surface area contributed by atoms with Crippen LogP contribution in [-0.2, 0) is 22.3 Å². The van der Waals surface area contributed by atoms with Crippen LogP contribution in [0.5, 0.6) is 0 Å². The van der Waals surface area contributed by atoms with Gasteiger partial charge in [0.2, 0.25) is 0 Å². The Morgan fingerprint density at radius 3 is 1.65 bits per heavy atom. The molecule has 2 aromatic carbocycles. The van der Waals surface area contributed by atoms with Crippen LogP contribution in [-0.4, -0.2) is 27.4 Å². The maximum atomic E-state index is 5.83. The fraction of sp³-hybridized carbons (Fsp3) is 0.586. The van der Waals surface area contributed by atoms with Crippen molar-refractivity contribution in [2.45, 2.75) is 64.7 Å². The Bertz CT molecular complexity index is 686. The molecular formula is C29H42O2. The van der Waals surface area contributed by atoms with Gasteiger partial charge in [-0.05, 0) is 61.0 Å². The third-order valence-electron chi connectivity index (χ3n) is 7.51. The first-order chi connectivity index (χ1) is 15.1. The lowest BCUT2D eigenvalue weighted by Crippen LogP contribution is -2.42. The zero-order valence-corrected chi connectivity index (χ0v) is 19.9. The van der Waals surface area contributed by atoms with Crippen molar-refractivity contribution < 1.29 is 9.47 Å². The van der Waals surface area contributed by atoms with E-state index < -0.39 is 0 Å². The maximum Gasteiger partial charge on any atom is 0.0543 e. The van der Waals surface area contributed by atoms with Crippen LogP contribution in [0.1, 0.15) is 63.0 Å². The SMILES string of the molecule is COCC(CCC(C)(Cc1ccccc1)Cc1ccccc1)(COC)C1CCCCC1. The highest BCUT2D eigenvalue weighted by molar-refractivity contribution is 5.20. The first-order valence-electron chi connectivity index (χ1n) is 12.1. The van der Waals surface area contributed by atoms with Crippen molar-refractivity contribution >= 4 is 0 Å². The van der Waals surface area contributed by atoms with Gasteiger partial charge in [0.05, 0.1) is 13.2 Å². The smallest absolute Gasteiger partial charge is 0.0543 e. The molecule has 0 saturated heterocycles. The van der Waals surface area contributed by atoms with Gasteiger partial charge in [-0.15, -0.1) is 0 Å². The summed E-state index contributed by atoms with van der Waals surface area (Å²) in [5, 5.41) is 0. The van der Waals surface area contributed by atoms with Crippen LogP contribution in [0.3, 0.4) is 0 Å². The molecule has 2 heteroatoms. The minimum atomic E-state index is 0.124. The van der Waals surface area contributed by atoms with Crippen molar-refractivity contribution in [3.05, 3.63) is 71.8 Å². The Morgan fingerprint density at radius 1 is 0.710 bits per heavy atom.